The maximum atomic E-state index is 10.3. The molecule has 3 aliphatic rings. The summed E-state index contributed by atoms with van der Waals surface area (Å²) in [5.41, 5.74) is 0. The number of fused-ring (bicyclic) bond motifs is 6. The topological polar surface area (TPSA) is 80.2 Å². The summed E-state index contributed by atoms with van der Waals surface area (Å²) in [5.74, 6) is 0.765. The van der Waals surface area contributed by atoms with Crippen LogP contribution >= 0.6 is 0 Å². The maximum absolute atomic E-state index is 10.3. The molecule has 6 heteroatoms. The first-order valence-electron chi connectivity index (χ1n) is 9.47. The molecule has 0 saturated carbocycles. The highest BCUT2D eigenvalue weighted by Crippen LogP contribution is 2.26. The Morgan fingerprint density at radius 2 is 1.71 bits per heavy atom. The molecule has 0 amide bonds. The van der Waals surface area contributed by atoms with Crippen molar-refractivity contribution in [3.05, 3.63) is 0 Å². The number of aliphatic hydroxyl groups is 2. The zero-order valence-electron chi connectivity index (χ0n) is 15.3. The van der Waals surface area contributed by atoms with Gasteiger partial charge in [-0.2, -0.15) is 0 Å². The van der Waals surface area contributed by atoms with Crippen LogP contribution in [0, 0.1) is 5.92 Å². The maximum Gasteiger partial charge on any atom is 0.186 e. The molecule has 3 aliphatic heterocycles. The molecule has 0 aliphatic carbocycles. The first-order valence-corrected chi connectivity index (χ1v) is 9.47. The first kappa shape index (κ1) is 20.1. The second-order valence-electron chi connectivity index (χ2n) is 7.57. The fourth-order valence-corrected chi connectivity index (χ4v) is 3.31. The van der Waals surface area contributed by atoms with E-state index in [-0.39, 0.29) is 6.10 Å². The van der Waals surface area contributed by atoms with Gasteiger partial charge in [-0.1, -0.05) is 33.1 Å². The Labute approximate surface area is 145 Å². The van der Waals surface area contributed by atoms with E-state index in [1.165, 1.54) is 19.3 Å². The molecule has 24 heavy (non-hydrogen) atoms. The molecule has 142 valence electrons. The average molecular weight is 345 g/mol. The van der Waals surface area contributed by atoms with Crippen molar-refractivity contribution < 1.29 is 24.4 Å². The molecule has 0 radical (unpaired) electrons. The molecule has 6 nitrogen and oxygen atoms in total. The molecule has 3 fully saturated rings. The van der Waals surface area contributed by atoms with Crippen molar-refractivity contribution in [2.75, 3.05) is 19.8 Å². The van der Waals surface area contributed by atoms with Crippen LogP contribution in [0.15, 0.2) is 0 Å². The molecule has 0 aromatic rings. The van der Waals surface area contributed by atoms with Gasteiger partial charge >= 0.3 is 0 Å². The minimum absolute atomic E-state index is 0.315. The van der Waals surface area contributed by atoms with Crippen LogP contribution < -0.4 is 5.32 Å². The van der Waals surface area contributed by atoms with Crippen LogP contribution in [-0.2, 0) is 14.2 Å². The van der Waals surface area contributed by atoms with Gasteiger partial charge in [-0.3, -0.25) is 0 Å². The average Bonchev–Trinajstić information content (AvgIpc) is 2.68. The van der Waals surface area contributed by atoms with Gasteiger partial charge in [0.2, 0.25) is 0 Å². The summed E-state index contributed by atoms with van der Waals surface area (Å²) in [5, 5.41) is 23.9. The fourth-order valence-electron chi connectivity index (χ4n) is 3.31. The van der Waals surface area contributed by atoms with E-state index in [9.17, 15) is 10.2 Å². The molecule has 3 saturated heterocycles. The molecule has 3 rings (SSSR count). The summed E-state index contributed by atoms with van der Waals surface area (Å²) in [4.78, 5) is 0. The summed E-state index contributed by atoms with van der Waals surface area (Å²) < 4.78 is 17.1. The Bertz CT molecular complexity index is 352. The van der Waals surface area contributed by atoms with E-state index in [4.69, 9.17) is 14.2 Å². The van der Waals surface area contributed by atoms with Crippen molar-refractivity contribution in [1.29, 1.82) is 0 Å². The summed E-state index contributed by atoms with van der Waals surface area (Å²) >= 11 is 0. The number of hydrogen-bond donors (Lipinski definition) is 3. The molecule has 6 atom stereocenters. The third-order valence-corrected chi connectivity index (χ3v) is 4.86. The van der Waals surface area contributed by atoms with Crippen molar-refractivity contribution in [3.63, 3.8) is 0 Å². The van der Waals surface area contributed by atoms with Crippen LogP contribution in [0.2, 0.25) is 0 Å². The van der Waals surface area contributed by atoms with E-state index in [1.807, 2.05) is 0 Å². The van der Waals surface area contributed by atoms with Gasteiger partial charge in [-0.25, -0.2) is 0 Å². The van der Waals surface area contributed by atoms with Crippen molar-refractivity contribution in [2.45, 2.75) is 89.6 Å². The molecule has 0 spiro atoms. The van der Waals surface area contributed by atoms with Crippen LogP contribution in [0.5, 0.6) is 0 Å². The largest absolute Gasteiger partial charge is 0.387 e. The van der Waals surface area contributed by atoms with Crippen molar-refractivity contribution >= 4 is 0 Å². The fraction of sp³-hybridized carbons (Fsp3) is 1.00. The van der Waals surface area contributed by atoms with Gasteiger partial charge in [0, 0.05) is 19.2 Å². The molecule has 3 heterocycles. The highest BCUT2D eigenvalue weighted by Gasteiger charge is 2.46. The Morgan fingerprint density at radius 1 is 1.00 bits per heavy atom. The third kappa shape index (κ3) is 5.93. The van der Waals surface area contributed by atoms with E-state index in [2.05, 4.69) is 26.1 Å². The molecule has 0 aromatic heterocycles. The second-order valence-corrected chi connectivity index (χ2v) is 7.57. The smallest absolute Gasteiger partial charge is 0.186 e. The first-order chi connectivity index (χ1) is 11.5. The van der Waals surface area contributed by atoms with Crippen LogP contribution in [0.1, 0.15) is 52.9 Å². The predicted molar refractivity (Wildman–Crippen MR) is 91.8 cm³/mol. The van der Waals surface area contributed by atoms with Crippen molar-refractivity contribution in [1.82, 2.24) is 5.32 Å². The van der Waals surface area contributed by atoms with Gasteiger partial charge in [0.25, 0.3) is 0 Å². The van der Waals surface area contributed by atoms with E-state index >= 15 is 0 Å². The minimum Gasteiger partial charge on any atom is -0.387 e. The molecular formula is C18H35NO5. The van der Waals surface area contributed by atoms with Crippen LogP contribution in [0.4, 0.5) is 0 Å². The summed E-state index contributed by atoms with van der Waals surface area (Å²) in [6.45, 7) is 8.24. The van der Waals surface area contributed by atoms with Gasteiger partial charge in [-0.05, 0) is 25.7 Å². The van der Waals surface area contributed by atoms with E-state index in [0.29, 0.717) is 25.8 Å². The summed E-state index contributed by atoms with van der Waals surface area (Å²) in [7, 11) is 0. The lowest BCUT2D eigenvalue weighted by molar-refractivity contribution is -0.293. The van der Waals surface area contributed by atoms with Gasteiger partial charge in [0.05, 0.1) is 6.61 Å². The number of ether oxygens (including phenoxy) is 3. The third-order valence-electron chi connectivity index (χ3n) is 4.86. The zero-order valence-corrected chi connectivity index (χ0v) is 15.3. The Balaban J connectivity index is 1.78. The number of nitrogens with one attached hydrogen (secondary N) is 1. The van der Waals surface area contributed by atoms with Crippen molar-refractivity contribution in [3.8, 4) is 0 Å². The number of rotatable bonds is 8. The Morgan fingerprint density at radius 3 is 2.46 bits per heavy atom. The quantitative estimate of drug-likeness (QED) is 0.578. The van der Waals surface area contributed by atoms with Gasteiger partial charge in [0.1, 0.15) is 24.4 Å². The van der Waals surface area contributed by atoms with Crippen LogP contribution in [-0.4, -0.2) is 66.7 Å². The van der Waals surface area contributed by atoms with Gasteiger partial charge < -0.3 is 29.7 Å². The molecule has 2 bridgehead atoms. The normalized spacial score (nSPS) is 35.5. The predicted octanol–water partition coefficient (Wildman–Crippen LogP) is 1.43. The molecule has 3 N–H and O–H groups in total. The highest BCUT2D eigenvalue weighted by atomic mass is 16.7. The van der Waals surface area contributed by atoms with Crippen LogP contribution in [0.25, 0.3) is 0 Å². The Kier molecular flexibility index (Phi) is 8.40. The Hall–Kier alpha value is -0.240. The SMILES string of the molecule is CC(C)CCCCC(C)NCC1OC2OCCCOC1C(O)C2O. The second kappa shape index (κ2) is 10.0. The monoisotopic (exact) mass is 345 g/mol. The van der Waals surface area contributed by atoms with Gasteiger partial charge in [0.15, 0.2) is 6.29 Å². The lowest BCUT2D eigenvalue weighted by Gasteiger charge is -2.41. The number of unbranched alkanes of at least 4 members (excludes halogenated alkanes) is 1. The van der Waals surface area contributed by atoms with E-state index in [1.54, 1.807) is 0 Å². The number of hydrogen-bond acceptors (Lipinski definition) is 6. The molecule has 0 aromatic carbocycles. The van der Waals surface area contributed by atoms with E-state index < -0.39 is 24.6 Å². The minimum atomic E-state index is -1.06. The van der Waals surface area contributed by atoms with Crippen molar-refractivity contribution in [2.24, 2.45) is 5.92 Å². The highest BCUT2D eigenvalue weighted by molar-refractivity contribution is 4.92. The molecular weight excluding hydrogens is 310 g/mol. The van der Waals surface area contributed by atoms with Crippen LogP contribution in [0.3, 0.4) is 0 Å². The lowest BCUT2D eigenvalue weighted by atomic mass is 9.98. The standard InChI is InChI=1S/C18H35NO5/c1-12(2)7-4-5-8-13(3)19-11-14-17-15(20)16(21)18(24-14)23-10-6-9-22-17/h12-21H,4-11H2,1-3H3. The van der Waals surface area contributed by atoms with Gasteiger partial charge in [-0.15, -0.1) is 0 Å². The molecule has 6 unspecified atom stereocenters. The number of aliphatic hydroxyl groups excluding tert-OH is 2. The lowest BCUT2D eigenvalue weighted by Crippen LogP contribution is -2.61. The van der Waals surface area contributed by atoms with E-state index in [0.717, 1.165) is 18.8 Å². The zero-order chi connectivity index (χ0) is 17.5. The summed E-state index contributed by atoms with van der Waals surface area (Å²) in [6.07, 6.45) is 1.97. The summed E-state index contributed by atoms with van der Waals surface area (Å²) in [6, 6.07) is 0.384.